The standard InChI is InChI=1S/C22H22Cl2F2N2O5S.ClH/c23-15-9-28(30)10-16(24)14(15)8-18(32-21(29)20-27-5-6-34-20)13-3-4-17(33-22(25)26)19(7-13)31-11-12-1-2-12;/h3-4,7,9-10,12,18,20,22,27H,1-2,5-6,8,11H2;1H/t18?,20-;/m0./s1. The zero-order valence-electron chi connectivity index (χ0n) is 18.3. The van der Waals surface area contributed by atoms with Crippen LogP contribution in [0.15, 0.2) is 30.6 Å². The molecule has 13 heteroatoms. The van der Waals surface area contributed by atoms with Crippen LogP contribution in [-0.4, -0.2) is 36.9 Å². The summed E-state index contributed by atoms with van der Waals surface area (Å²) in [5.74, 6) is 0.677. The van der Waals surface area contributed by atoms with Crippen LogP contribution >= 0.6 is 47.4 Å². The number of hydrogen-bond donors (Lipinski definition) is 1. The van der Waals surface area contributed by atoms with Gasteiger partial charge in [0.1, 0.15) is 16.1 Å². The Morgan fingerprint density at radius 2 is 1.94 bits per heavy atom. The molecule has 1 saturated carbocycles. The third-order valence-corrected chi connectivity index (χ3v) is 7.15. The van der Waals surface area contributed by atoms with Crippen molar-refractivity contribution in [2.45, 2.75) is 37.4 Å². The van der Waals surface area contributed by atoms with Crippen molar-refractivity contribution in [1.29, 1.82) is 0 Å². The molecule has 1 aliphatic heterocycles. The first-order valence-corrected chi connectivity index (χ1v) is 12.4. The van der Waals surface area contributed by atoms with Gasteiger partial charge in [-0.3, -0.25) is 5.32 Å². The van der Waals surface area contributed by atoms with Crippen molar-refractivity contribution >= 4 is 53.3 Å². The third kappa shape index (κ3) is 7.63. The van der Waals surface area contributed by atoms with E-state index in [-0.39, 0.29) is 40.4 Å². The number of nitrogens with one attached hydrogen (secondary N) is 1. The summed E-state index contributed by atoms with van der Waals surface area (Å²) in [6.45, 7) is -1.97. The molecule has 1 unspecified atom stereocenters. The molecule has 0 spiro atoms. The minimum absolute atomic E-state index is 0. The van der Waals surface area contributed by atoms with Gasteiger partial charge < -0.3 is 19.4 Å². The van der Waals surface area contributed by atoms with Crippen molar-refractivity contribution in [3.05, 3.63) is 57.0 Å². The largest absolute Gasteiger partial charge is 0.619 e. The van der Waals surface area contributed by atoms with Crippen molar-refractivity contribution in [3.63, 3.8) is 0 Å². The highest BCUT2D eigenvalue weighted by molar-refractivity contribution is 8.00. The molecule has 2 fully saturated rings. The first kappa shape index (κ1) is 27.9. The number of rotatable bonds is 10. The summed E-state index contributed by atoms with van der Waals surface area (Å²) >= 11 is 13.9. The molecule has 0 bridgehead atoms. The molecule has 2 aromatic rings. The van der Waals surface area contributed by atoms with Gasteiger partial charge in [0.15, 0.2) is 29.3 Å². The molecule has 1 aromatic heterocycles. The summed E-state index contributed by atoms with van der Waals surface area (Å²) in [7, 11) is 0. The third-order valence-electron chi connectivity index (χ3n) is 5.36. The molecule has 4 rings (SSSR count). The van der Waals surface area contributed by atoms with E-state index in [4.69, 9.17) is 32.7 Å². The average Bonchev–Trinajstić information content (AvgIpc) is 3.44. The molecule has 7 nitrogen and oxygen atoms in total. The molecule has 1 aliphatic carbocycles. The molecule has 2 aliphatic rings. The Morgan fingerprint density at radius 1 is 1.23 bits per heavy atom. The van der Waals surface area contributed by atoms with Crippen LogP contribution in [0.4, 0.5) is 8.78 Å². The Labute approximate surface area is 221 Å². The fourth-order valence-corrected chi connectivity index (χ4v) is 4.94. The van der Waals surface area contributed by atoms with Gasteiger partial charge in [-0.15, -0.1) is 24.2 Å². The minimum Gasteiger partial charge on any atom is -0.619 e. The molecule has 2 atom stereocenters. The summed E-state index contributed by atoms with van der Waals surface area (Å²) in [4.78, 5) is 12.8. The second kappa shape index (κ2) is 12.5. The Hall–Kier alpha value is -1.72. The lowest BCUT2D eigenvalue weighted by atomic mass is 10.0. The number of carbonyl (C=O) groups excluding carboxylic acids is 1. The van der Waals surface area contributed by atoms with Gasteiger partial charge >= 0.3 is 12.6 Å². The molecule has 1 aromatic carbocycles. The number of nitrogens with zero attached hydrogens (tertiary/aromatic N) is 1. The number of hydrogen-bond acceptors (Lipinski definition) is 7. The van der Waals surface area contributed by atoms with Crippen molar-refractivity contribution in [2.24, 2.45) is 5.92 Å². The normalized spacial score (nSPS) is 18.1. The van der Waals surface area contributed by atoms with E-state index in [0.717, 1.165) is 31.0 Å². The molecular formula is C22H23Cl3F2N2O5S. The molecule has 0 amide bonds. The van der Waals surface area contributed by atoms with Gasteiger partial charge in [0.2, 0.25) is 0 Å². The van der Waals surface area contributed by atoms with Crippen LogP contribution in [0.3, 0.4) is 0 Å². The van der Waals surface area contributed by atoms with Gasteiger partial charge in [0, 0.05) is 24.3 Å². The summed E-state index contributed by atoms with van der Waals surface area (Å²) < 4.78 is 42.5. The van der Waals surface area contributed by atoms with E-state index in [1.54, 1.807) is 0 Å². The maximum Gasteiger partial charge on any atom is 0.387 e. The smallest absolute Gasteiger partial charge is 0.387 e. The predicted molar refractivity (Wildman–Crippen MR) is 131 cm³/mol. The van der Waals surface area contributed by atoms with E-state index in [9.17, 15) is 18.8 Å². The van der Waals surface area contributed by atoms with Crippen LogP contribution in [0.25, 0.3) is 0 Å². The van der Waals surface area contributed by atoms with E-state index in [2.05, 4.69) is 10.1 Å². The van der Waals surface area contributed by atoms with Gasteiger partial charge in [-0.2, -0.15) is 13.5 Å². The Morgan fingerprint density at radius 3 is 2.54 bits per heavy atom. The Bertz CT molecular complexity index is 1020. The number of carbonyl (C=O) groups is 1. The molecule has 35 heavy (non-hydrogen) atoms. The summed E-state index contributed by atoms with van der Waals surface area (Å²) in [5.41, 5.74) is 0.892. The van der Waals surface area contributed by atoms with E-state index < -0.39 is 24.1 Å². The molecule has 0 radical (unpaired) electrons. The molecule has 2 heterocycles. The second-order valence-corrected chi connectivity index (χ2v) is 9.99. The first-order chi connectivity index (χ1) is 16.3. The number of esters is 1. The fourth-order valence-electron chi connectivity index (χ4n) is 3.44. The maximum atomic E-state index is 12.9. The SMILES string of the molecule is Cl.O=C(OC(Cc1c(Cl)c[n+]([O-])cc1Cl)c1ccc(OC(F)F)c(OCC2CC2)c1)[C@H]1NCCS1. The number of alkyl halides is 2. The lowest BCUT2D eigenvalue weighted by Crippen LogP contribution is -2.32. The van der Waals surface area contributed by atoms with Crippen LogP contribution < -0.4 is 19.5 Å². The highest BCUT2D eigenvalue weighted by atomic mass is 35.5. The first-order valence-electron chi connectivity index (χ1n) is 10.6. The summed E-state index contributed by atoms with van der Waals surface area (Å²) in [6, 6.07) is 4.39. The highest BCUT2D eigenvalue weighted by Crippen LogP contribution is 2.38. The van der Waals surface area contributed by atoms with Crippen LogP contribution in [0.5, 0.6) is 11.5 Å². The minimum atomic E-state index is -3.02. The van der Waals surface area contributed by atoms with E-state index in [0.29, 0.717) is 34.9 Å². The van der Waals surface area contributed by atoms with Crippen molar-refractivity contribution in [2.75, 3.05) is 18.9 Å². The number of thioether (sulfide) groups is 1. The van der Waals surface area contributed by atoms with Gasteiger partial charge in [0.25, 0.3) is 0 Å². The summed E-state index contributed by atoms with van der Waals surface area (Å²) in [5, 5.41) is 14.4. The Kier molecular flexibility index (Phi) is 9.94. The maximum absolute atomic E-state index is 12.9. The van der Waals surface area contributed by atoms with Crippen molar-refractivity contribution in [3.8, 4) is 11.5 Å². The predicted octanol–water partition coefficient (Wildman–Crippen LogP) is 4.93. The monoisotopic (exact) mass is 570 g/mol. The number of benzene rings is 1. The lowest BCUT2D eigenvalue weighted by Gasteiger charge is -2.22. The zero-order chi connectivity index (χ0) is 24.2. The van der Waals surface area contributed by atoms with Crippen molar-refractivity contribution in [1.82, 2.24) is 5.32 Å². The zero-order valence-corrected chi connectivity index (χ0v) is 21.4. The topological polar surface area (TPSA) is 83.7 Å². The summed E-state index contributed by atoms with van der Waals surface area (Å²) in [6.07, 6.45) is 3.51. The quantitative estimate of drug-likeness (QED) is 0.246. The van der Waals surface area contributed by atoms with Crippen LogP contribution in [0.1, 0.15) is 30.1 Å². The molecule has 1 N–H and O–H groups in total. The molecule has 1 saturated heterocycles. The van der Waals surface area contributed by atoms with Gasteiger partial charge in [-0.25, -0.2) is 4.79 Å². The number of aromatic nitrogens is 1. The number of halogens is 5. The highest BCUT2D eigenvalue weighted by Gasteiger charge is 2.30. The molecular weight excluding hydrogens is 549 g/mol. The lowest BCUT2D eigenvalue weighted by molar-refractivity contribution is -0.605. The average molecular weight is 572 g/mol. The van der Waals surface area contributed by atoms with Crippen LogP contribution in [0.2, 0.25) is 10.0 Å². The fraction of sp³-hybridized carbons (Fsp3) is 0.455. The van der Waals surface area contributed by atoms with E-state index in [1.165, 1.54) is 30.0 Å². The van der Waals surface area contributed by atoms with Crippen LogP contribution in [0, 0.1) is 11.1 Å². The molecule has 192 valence electrons. The van der Waals surface area contributed by atoms with Crippen LogP contribution in [-0.2, 0) is 16.0 Å². The van der Waals surface area contributed by atoms with E-state index >= 15 is 0 Å². The Balaban J connectivity index is 0.00000342. The number of ether oxygens (including phenoxy) is 3. The van der Waals surface area contributed by atoms with Gasteiger partial charge in [0.05, 0.1) is 6.61 Å². The van der Waals surface area contributed by atoms with Crippen molar-refractivity contribution < 1.29 is 32.5 Å². The van der Waals surface area contributed by atoms with Gasteiger partial charge in [-0.1, -0.05) is 29.3 Å². The van der Waals surface area contributed by atoms with E-state index in [1.807, 2.05) is 0 Å². The number of pyridine rings is 1. The second-order valence-electron chi connectivity index (χ2n) is 7.97. The van der Waals surface area contributed by atoms with Gasteiger partial charge in [-0.05, 0) is 36.5 Å².